The average molecular weight is 539 g/mol. The molecule has 4 aromatic rings. The third kappa shape index (κ3) is 5.15. The Morgan fingerprint density at radius 3 is 2.62 bits per heavy atom. The van der Waals surface area contributed by atoms with Crippen LogP contribution in [0.4, 0.5) is 11.5 Å². The summed E-state index contributed by atoms with van der Waals surface area (Å²) in [6, 6.07) is 13.9. The number of anilines is 2. The Morgan fingerprint density at radius 1 is 1.05 bits per heavy atom. The maximum absolute atomic E-state index is 13.1. The predicted molar refractivity (Wildman–Crippen MR) is 155 cm³/mol. The topological polar surface area (TPSA) is 114 Å². The number of rotatable bonds is 7. The number of hydrogen-bond acceptors (Lipinski definition) is 8. The Hall–Kier alpha value is -4.28. The third-order valence-corrected chi connectivity index (χ3v) is 7.87. The van der Waals surface area contributed by atoms with Gasteiger partial charge in [0.2, 0.25) is 0 Å². The van der Waals surface area contributed by atoms with Crippen LogP contribution >= 0.6 is 0 Å². The fourth-order valence-electron chi connectivity index (χ4n) is 5.42. The van der Waals surface area contributed by atoms with Crippen LogP contribution in [0.25, 0.3) is 17.2 Å². The molecule has 10 nitrogen and oxygen atoms in total. The first-order valence-electron chi connectivity index (χ1n) is 13.7. The molecule has 2 aromatic carbocycles. The number of carbonyl (C=O) groups is 1. The summed E-state index contributed by atoms with van der Waals surface area (Å²) in [5.74, 6) is 1.02. The molecule has 1 fully saturated rings. The number of piperazine rings is 1. The summed E-state index contributed by atoms with van der Waals surface area (Å²) in [7, 11) is 3.85. The molecule has 40 heavy (non-hydrogen) atoms. The highest BCUT2D eigenvalue weighted by molar-refractivity contribution is 6.07. The lowest BCUT2D eigenvalue weighted by Gasteiger charge is -2.32. The number of aryl methyl sites for hydroxylation is 1. The Morgan fingerprint density at radius 2 is 1.85 bits per heavy atom. The minimum Gasteiger partial charge on any atom is -0.496 e. The van der Waals surface area contributed by atoms with E-state index >= 15 is 0 Å². The predicted octanol–water partition coefficient (Wildman–Crippen LogP) is 3.06. The molecule has 0 radical (unpaired) electrons. The molecule has 6 rings (SSSR count). The smallest absolute Gasteiger partial charge is 0.261 e. The lowest BCUT2D eigenvalue weighted by atomic mass is 9.89. The van der Waals surface area contributed by atoms with E-state index in [0.717, 1.165) is 80.1 Å². The number of nitrogens with zero attached hydrogens (tertiary/aromatic N) is 6. The number of amides is 1. The monoisotopic (exact) mass is 538 g/mol. The molecule has 3 N–H and O–H groups in total. The number of nitrogen functional groups attached to an aromatic ring is 1. The van der Waals surface area contributed by atoms with Crippen molar-refractivity contribution in [3.8, 4) is 23.0 Å². The number of aromatic nitrogens is 4. The number of nitrogens with one attached hydrogen (secondary N) is 1. The summed E-state index contributed by atoms with van der Waals surface area (Å²) in [5, 5.41) is 7.28. The summed E-state index contributed by atoms with van der Waals surface area (Å²) in [6.07, 6.45) is 5.93. The molecule has 0 unspecified atom stereocenters. The maximum Gasteiger partial charge on any atom is 0.261 e. The first kappa shape index (κ1) is 26.0. The number of ether oxygens (including phenoxy) is 1. The normalized spacial score (nSPS) is 15.3. The van der Waals surface area contributed by atoms with Crippen LogP contribution in [0.3, 0.4) is 0 Å². The highest BCUT2D eigenvalue weighted by atomic mass is 16.5. The second-order valence-electron chi connectivity index (χ2n) is 10.4. The second kappa shape index (κ2) is 11.1. The average Bonchev–Trinajstić information content (AvgIpc) is 3.38. The summed E-state index contributed by atoms with van der Waals surface area (Å²) >= 11 is 0. The van der Waals surface area contributed by atoms with Gasteiger partial charge in [0.15, 0.2) is 0 Å². The molecule has 2 aromatic heterocycles. The molecule has 0 spiro atoms. The van der Waals surface area contributed by atoms with Crippen LogP contribution < -0.4 is 15.8 Å². The minimum atomic E-state index is -0.332. The van der Waals surface area contributed by atoms with Crippen molar-refractivity contribution in [2.45, 2.75) is 19.3 Å². The summed E-state index contributed by atoms with van der Waals surface area (Å²) in [4.78, 5) is 27.2. The van der Waals surface area contributed by atoms with Crippen molar-refractivity contribution < 1.29 is 9.53 Å². The van der Waals surface area contributed by atoms with Crippen molar-refractivity contribution in [2.24, 2.45) is 0 Å². The van der Waals surface area contributed by atoms with Gasteiger partial charge in [0.1, 0.15) is 17.1 Å². The highest BCUT2D eigenvalue weighted by Crippen LogP contribution is 2.37. The van der Waals surface area contributed by atoms with Gasteiger partial charge in [-0.2, -0.15) is 9.78 Å². The molecule has 2 aliphatic rings. The first-order valence-corrected chi connectivity index (χ1v) is 13.7. The van der Waals surface area contributed by atoms with Gasteiger partial charge in [0.05, 0.1) is 19.0 Å². The first-order chi connectivity index (χ1) is 19.5. The van der Waals surface area contributed by atoms with Gasteiger partial charge in [-0.3, -0.25) is 4.79 Å². The number of benzene rings is 2. The molecule has 1 aliphatic carbocycles. The Kier molecular flexibility index (Phi) is 7.19. The van der Waals surface area contributed by atoms with Crippen molar-refractivity contribution in [1.29, 1.82) is 0 Å². The Labute approximate surface area is 233 Å². The molecule has 10 heteroatoms. The van der Waals surface area contributed by atoms with Crippen LogP contribution in [0, 0.1) is 0 Å². The zero-order valence-corrected chi connectivity index (χ0v) is 22.9. The molecular formula is C30H34N8O2. The van der Waals surface area contributed by atoms with E-state index in [1.165, 1.54) is 16.4 Å². The third-order valence-electron chi connectivity index (χ3n) is 7.87. The molecule has 3 heterocycles. The standard InChI is InChI=1S/C30H34N8O2/c1-36-14-16-37(17-15-36)13-12-20-6-9-22(10-7-20)34-29(39)25-19-33-38(28(25)31)30-32-18-21-8-11-23-24(27(21)35-30)4-3-5-26(23)40-2/h3-7,9-10,18-19H,8,11-17,31H2,1-2H3,(H,34,39). The number of fused-ring (bicyclic) bond motifs is 3. The SMILES string of the molecule is COc1cccc2c1CCc1cnc(-n3ncc(C(=O)Nc4ccc(CCN5CCN(C)CC5)cc4)c3N)nc1-2. The summed E-state index contributed by atoms with van der Waals surface area (Å²) in [6.45, 7) is 5.49. The highest BCUT2D eigenvalue weighted by Gasteiger charge is 2.23. The fourth-order valence-corrected chi connectivity index (χ4v) is 5.42. The van der Waals surface area contributed by atoms with E-state index in [0.29, 0.717) is 11.6 Å². The fraction of sp³-hybridized carbons (Fsp3) is 0.333. The van der Waals surface area contributed by atoms with Gasteiger partial charge in [0, 0.05) is 55.7 Å². The van der Waals surface area contributed by atoms with Crippen LogP contribution in [-0.2, 0) is 19.3 Å². The number of nitrogens with two attached hydrogens (primary N) is 1. The summed E-state index contributed by atoms with van der Waals surface area (Å²) < 4.78 is 6.97. The van der Waals surface area contributed by atoms with Gasteiger partial charge in [-0.25, -0.2) is 9.97 Å². The van der Waals surface area contributed by atoms with Gasteiger partial charge >= 0.3 is 0 Å². The van der Waals surface area contributed by atoms with Crippen LogP contribution in [-0.4, -0.2) is 82.3 Å². The lowest BCUT2D eigenvalue weighted by molar-refractivity contribution is 0.102. The zero-order chi connectivity index (χ0) is 27.6. The van der Waals surface area contributed by atoms with E-state index in [4.69, 9.17) is 15.5 Å². The number of carbonyl (C=O) groups excluding carboxylic acids is 1. The maximum atomic E-state index is 13.1. The Balaban J connectivity index is 1.14. The quantitative estimate of drug-likeness (QED) is 0.369. The second-order valence-corrected chi connectivity index (χ2v) is 10.4. The van der Waals surface area contributed by atoms with E-state index in [9.17, 15) is 4.79 Å². The van der Waals surface area contributed by atoms with Crippen molar-refractivity contribution in [3.05, 3.63) is 77.1 Å². The number of hydrogen-bond donors (Lipinski definition) is 2. The zero-order valence-electron chi connectivity index (χ0n) is 22.9. The minimum absolute atomic E-state index is 0.183. The van der Waals surface area contributed by atoms with Crippen molar-refractivity contribution in [2.75, 3.05) is 57.9 Å². The van der Waals surface area contributed by atoms with Crippen LogP contribution in [0.15, 0.2) is 54.9 Å². The lowest BCUT2D eigenvalue weighted by Crippen LogP contribution is -2.45. The number of methoxy groups -OCH3 is 1. The van der Waals surface area contributed by atoms with Crippen LogP contribution in [0.1, 0.15) is 27.0 Å². The van der Waals surface area contributed by atoms with Gasteiger partial charge in [-0.05, 0) is 55.6 Å². The van der Waals surface area contributed by atoms with Gasteiger partial charge in [-0.1, -0.05) is 24.3 Å². The molecule has 0 bridgehead atoms. The van der Waals surface area contributed by atoms with E-state index in [-0.39, 0.29) is 17.3 Å². The van der Waals surface area contributed by atoms with Crippen molar-refractivity contribution in [3.63, 3.8) is 0 Å². The largest absolute Gasteiger partial charge is 0.496 e. The molecule has 1 aliphatic heterocycles. The van der Waals surface area contributed by atoms with Crippen LogP contribution in [0.5, 0.6) is 5.75 Å². The van der Waals surface area contributed by atoms with E-state index in [1.807, 2.05) is 36.5 Å². The molecule has 0 atom stereocenters. The molecule has 1 amide bonds. The van der Waals surface area contributed by atoms with Crippen LogP contribution in [0.2, 0.25) is 0 Å². The van der Waals surface area contributed by atoms with E-state index in [1.54, 1.807) is 7.11 Å². The number of likely N-dealkylation sites (N-methyl/N-ethyl adjacent to an activating group) is 1. The Bertz CT molecular complexity index is 1520. The van der Waals surface area contributed by atoms with Crippen molar-refractivity contribution >= 4 is 17.4 Å². The molecule has 0 saturated carbocycles. The van der Waals surface area contributed by atoms with E-state index < -0.39 is 0 Å². The molecular weight excluding hydrogens is 504 g/mol. The summed E-state index contributed by atoms with van der Waals surface area (Å²) in [5.41, 5.74) is 12.6. The van der Waals surface area contributed by atoms with Gasteiger partial charge < -0.3 is 25.6 Å². The van der Waals surface area contributed by atoms with E-state index in [2.05, 4.69) is 44.4 Å². The van der Waals surface area contributed by atoms with Gasteiger partial charge in [-0.15, -0.1) is 0 Å². The van der Waals surface area contributed by atoms with Crippen molar-refractivity contribution in [1.82, 2.24) is 29.5 Å². The van der Waals surface area contributed by atoms with Gasteiger partial charge in [0.25, 0.3) is 11.9 Å². The molecule has 206 valence electrons. The molecule has 1 saturated heterocycles.